The number of hydrogen-bond donors (Lipinski definition) is 1. The maximum Gasteiger partial charge on any atom is 0.310 e. The van der Waals surface area contributed by atoms with E-state index in [1.54, 1.807) is 6.92 Å². The summed E-state index contributed by atoms with van der Waals surface area (Å²) in [7, 11) is 0. The lowest BCUT2D eigenvalue weighted by atomic mass is 9.66. The normalized spacial score (nSPS) is 21.0. The van der Waals surface area contributed by atoms with E-state index in [1.165, 1.54) is 6.07 Å². The van der Waals surface area contributed by atoms with Gasteiger partial charge in [-0.3, -0.25) is 9.59 Å². The van der Waals surface area contributed by atoms with Crippen LogP contribution in [0.4, 0.5) is 10.1 Å². The van der Waals surface area contributed by atoms with Gasteiger partial charge in [0.1, 0.15) is 23.3 Å². The van der Waals surface area contributed by atoms with Gasteiger partial charge in [-0.2, -0.15) is 0 Å². The monoisotopic (exact) mass is 441 g/mol. The number of nitrogens with one attached hydrogen (secondary N) is 1. The molecule has 166 valence electrons. The summed E-state index contributed by atoms with van der Waals surface area (Å²) in [5.74, 6) is -2.72. The Bertz CT molecular complexity index is 772. The summed E-state index contributed by atoms with van der Waals surface area (Å²) in [5, 5.41) is 2.57. The molecular formula is C22H29ClFNO5. The minimum atomic E-state index is -1.60. The lowest BCUT2D eigenvalue weighted by Crippen LogP contribution is -2.49. The molecule has 1 saturated carbocycles. The highest BCUT2D eigenvalue weighted by Gasteiger charge is 2.51. The fourth-order valence-electron chi connectivity index (χ4n) is 3.74. The zero-order valence-electron chi connectivity index (χ0n) is 17.5. The SMILES string of the molecule is CCCCCOc1cc(NC(=O)C2(C=O)CCCCC2C(=O)OCC)c(F)cc1Cl. The van der Waals surface area contributed by atoms with Gasteiger partial charge in [0.2, 0.25) is 5.91 Å². The molecule has 2 unspecified atom stereocenters. The van der Waals surface area contributed by atoms with Crippen molar-refractivity contribution < 1.29 is 28.2 Å². The number of esters is 1. The molecule has 1 aliphatic rings. The Hall–Kier alpha value is -2.15. The largest absolute Gasteiger partial charge is 0.492 e. The summed E-state index contributed by atoms with van der Waals surface area (Å²) in [6.45, 7) is 4.29. The second kappa shape index (κ2) is 11.3. The van der Waals surface area contributed by atoms with Crippen LogP contribution in [0, 0.1) is 17.2 Å². The molecule has 8 heteroatoms. The number of carbonyl (C=O) groups is 3. The summed E-state index contributed by atoms with van der Waals surface area (Å²) in [6, 6.07) is 2.37. The van der Waals surface area contributed by atoms with Gasteiger partial charge in [-0.1, -0.05) is 44.2 Å². The van der Waals surface area contributed by atoms with Gasteiger partial charge in [-0.25, -0.2) is 4.39 Å². The van der Waals surface area contributed by atoms with Crippen LogP contribution in [0.25, 0.3) is 0 Å². The quantitative estimate of drug-likeness (QED) is 0.241. The van der Waals surface area contributed by atoms with Crippen molar-refractivity contribution >= 4 is 35.5 Å². The predicted octanol–water partition coefficient (Wildman–Crippen LogP) is 4.93. The first-order valence-electron chi connectivity index (χ1n) is 10.5. The summed E-state index contributed by atoms with van der Waals surface area (Å²) in [6.07, 6.45) is 5.20. The number of unbranched alkanes of at least 4 members (excludes halogenated alkanes) is 2. The number of hydrogen-bond acceptors (Lipinski definition) is 5. The topological polar surface area (TPSA) is 81.7 Å². The second-order valence-electron chi connectivity index (χ2n) is 7.48. The van der Waals surface area contributed by atoms with E-state index >= 15 is 0 Å². The first-order valence-corrected chi connectivity index (χ1v) is 10.8. The van der Waals surface area contributed by atoms with Crippen molar-refractivity contribution in [2.75, 3.05) is 18.5 Å². The molecule has 2 atom stereocenters. The number of amides is 1. The number of anilines is 1. The molecule has 1 amide bonds. The van der Waals surface area contributed by atoms with Crippen LogP contribution < -0.4 is 10.1 Å². The van der Waals surface area contributed by atoms with Crippen molar-refractivity contribution in [3.05, 3.63) is 23.0 Å². The highest BCUT2D eigenvalue weighted by atomic mass is 35.5. The van der Waals surface area contributed by atoms with Crippen LogP contribution in [0.2, 0.25) is 5.02 Å². The Labute approximate surface area is 181 Å². The van der Waals surface area contributed by atoms with Crippen LogP contribution in [-0.2, 0) is 19.1 Å². The number of benzene rings is 1. The number of aldehydes is 1. The van der Waals surface area contributed by atoms with E-state index in [0.717, 1.165) is 25.3 Å². The molecule has 6 nitrogen and oxygen atoms in total. The first-order chi connectivity index (χ1) is 14.4. The van der Waals surface area contributed by atoms with Gasteiger partial charge in [0.25, 0.3) is 0 Å². The molecule has 1 fully saturated rings. The molecule has 0 spiro atoms. The Balaban J connectivity index is 2.25. The fraction of sp³-hybridized carbons (Fsp3) is 0.591. The summed E-state index contributed by atoms with van der Waals surface area (Å²) >= 11 is 6.06. The molecule has 0 bridgehead atoms. The standard InChI is InChI=1S/C22H29ClFNO5/c1-3-5-8-11-30-19-13-18(17(24)12-16(19)23)25-21(28)22(14-26)10-7-6-9-15(22)20(27)29-4-2/h12-15H,3-11H2,1-2H3,(H,25,28). The maximum atomic E-state index is 14.5. The second-order valence-corrected chi connectivity index (χ2v) is 7.89. The zero-order chi connectivity index (χ0) is 22.1. The molecule has 1 aromatic carbocycles. The molecule has 30 heavy (non-hydrogen) atoms. The van der Waals surface area contributed by atoms with Gasteiger partial charge in [0, 0.05) is 6.07 Å². The Morgan fingerprint density at radius 2 is 2.07 bits per heavy atom. The summed E-state index contributed by atoms with van der Waals surface area (Å²) in [4.78, 5) is 37.5. The number of halogens is 2. The highest BCUT2D eigenvalue weighted by Crippen LogP contribution is 2.42. The minimum absolute atomic E-state index is 0.0918. The zero-order valence-corrected chi connectivity index (χ0v) is 18.2. The van der Waals surface area contributed by atoms with Gasteiger partial charge in [-0.15, -0.1) is 0 Å². The smallest absolute Gasteiger partial charge is 0.310 e. The lowest BCUT2D eigenvalue weighted by Gasteiger charge is -2.37. The van der Waals surface area contributed by atoms with E-state index in [9.17, 15) is 18.8 Å². The van der Waals surface area contributed by atoms with Crippen LogP contribution in [0.1, 0.15) is 58.8 Å². The maximum absolute atomic E-state index is 14.5. The predicted molar refractivity (Wildman–Crippen MR) is 112 cm³/mol. The molecule has 0 radical (unpaired) electrons. The van der Waals surface area contributed by atoms with Gasteiger partial charge in [0.15, 0.2) is 0 Å². The van der Waals surface area contributed by atoms with Crippen molar-refractivity contribution in [3.8, 4) is 5.75 Å². The molecule has 0 heterocycles. The van der Waals surface area contributed by atoms with E-state index < -0.39 is 29.0 Å². The van der Waals surface area contributed by atoms with Crippen LogP contribution in [-0.4, -0.2) is 31.4 Å². The van der Waals surface area contributed by atoms with Crippen LogP contribution in [0.15, 0.2) is 12.1 Å². The minimum Gasteiger partial charge on any atom is -0.492 e. The van der Waals surface area contributed by atoms with Crippen molar-refractivity contribution in [2.45, 2.75) is 58.8 Å². The molecule has 1 aromatic rings. The van der Waals surface area contributed by atoms with Gasteiger partial charge in [0.05, 0.1) is 29.8 Å². The van der Waals surface area contributed by atoms with Gasteiger partial charge in [-0.05, 0) is 32.3 Å². The van der Waals surface area contributed by atoms with Gasteiger partial charge < -0.3 is 19.6 Å². The van der Waals surface area contributed by atoms with Crippen LogP contribution in [0.3, 0.4) is 0 Å². The number of carbonyl (C=O) groups excluding carboxylic acids is 3. The first kappa shape index (κ1) is 24.1. The molecule has 1 N–H and O–H groups in total. The summed E-state index contributed by atoms with van der Waals surface area (Å²) in [5.41, 5.74) is -1.75. The highest BCUT2D eigenvalue weighted by molar-refractivity contribution is 6.32. The van der Waals surface area contributed by atoms with Crippen molar-refractivity contribution in [3.63, 3.8) is 0 Å². The van der Waals surface area contributed by atoms with E-state index in [2.05, 4.69) is 12.2 Å². The number of ether oxygens (including phenoxy) is 2. The third-order valence-corrected chi connectivity index (χ3v) is 5.73. The van der Waals surface area contributed by atoms with E-state index in [0.29, 0.717) is 32.2 Å². The fourth-order valence-corrected chi connectivity index (χ4v) is 3.95. The Morgan fingerprint density at radius 1 is 1.30 bits per heavy atom. The lowest BCUT2D eigenvalue weighted by molar-refractivity contribution is -0.161. The summed E-state index contributed by atoms with van der Waals surface area (Å²) < 4.78 is 25.2. The molecule has 2 rings (SSSR count). The average molecular weight is 442 g/mol. The third kappa shape index (κ3) is 5.50. The van der Waals surface area contributed by atoms with Crippen LogP contribution in [0.5, 0.6) is 5.75 Å². The molecule has 1 aliphatic carbocycles. The van der Waals surface area contributed by atoms with Gasteiger partial charge >= 0.3 is 5.97 Å². The van der Waals surface area contributed by atoms with E-state index in [-0.39, 0.29) is 29.5 Å². The van der Waals surface area contributed by atoms with Crippen molar-refractivity contribution in [1.82, 2.24) is 0 Å². The average Bonchev–Trinajstić information content (AvgIpc) is 2.74. The molecule has 0 aliphatic heterocycles. The van der Waals surface area contributed by atoms with E-state index in [1.807, 2.05) is 0 Å². The molecule has 0 aromatic heterocycles. The Morgan fingerprint density at radius 3 is 2.73 bits per heavy atom. The number of rotatable bonds is 10. The molecule has 0 saturated heterocycles. The van der Waals surface area contributed by atoms with Crippen molar-refractivity contribution in [2.24, 2.45) is 11.3 Å². The van der Waals surface area contributed by atoms with E-state index in [4.69, 9.17) is 21.1 Å². The van der Waals surface area contributed by atoms with Crippen LogP contribution >= 0.6 is 11.6 Å². The third-order valence-electron chi connectivity index (χ3n) is 5.43. The Kier molecular flexibility index (Phi) is 9.08. The van der Waals surface area contributed by atoms with Crippen molar-refractivity contribution in [1.29, 1.82) is 0 Å². The molecular weight excluding hydrogens is 413 g/mol.